The van der Waals surface area contributed by atoms with Gasteiger partial charge in [0.1, 0.15) is 0 Å². The molecule has 4 rings (SSSR count). The van der Waals surface area contributed by atoms with Crippen molar-refractivity contribution in [3.63, 3.8) is 0 Å². The molecule has 2 fully saturated rings. The van der Waals surface area contributed by atoms with Crippen LogP contribution in [0, 0.1) is 17.8 Å². The Morgan fingerprint density at radius 3 is 2.95 bits per heavy atom. The fourth-order valence-electron chi connectivity index (χ4n) is 5.27. The molecule has 0 spiro atoms. The molecule has 0 aromatic carbocycles. The third-order valence-electron chi connectivity index (χ3n) is 6.12. The molecule has 1 heterocycles. The van der Waals surface area contributed by atoms with E-state index in [0.717, 1.165) is 17.8 Å². The lowest BCUT2D eigenvalue weighted by molar-refractivity contribution is 0.210. The number of nitrogens with zero attached hydrogens (tertiary/aromatic N) is 1. The summed E-state index contributed by atoms with van der Waals surface area (Å²) in [4.78, 5) is 4.71. The third kappa shape index (κ3) is 1.99. The second-order valence-electron chi connectivity index (χ2n) is 7.08. The van der Waals surface area contributed by atoms with Crippen molar-refractivity contribution in [3.8, 4) is 0 Å². The van der Waals surface area contributed by atoms with Crippen molar-refractivity contribution in [2.45, 2.75) is 56.9 Å². The lowest BCUT2D eigenvalue weighted by atomic mass is 9.73. The maximum absolute atomic E-state index is 5.99. The molecule has 3 N–H and O–H groups in total. The highest BCUT2D eigenvalue weighted by Crippen LogP contribution is 2.52. The molecule has 1 aromatic rings. The van der Waals surface area contributed by atoms with Gasteiger partial charge in [0.2, 0.25) is 0 Å². The molecule has 3 aliphatic rings. The van der Waals surface area contributed by atoms with Crippen molar-refractivity contribution < 1.29 is 0 Å². The molecule has 0 amide bonds. The minimum absolute atomic E-state index is 0.430. The number of pyridine rings is 1. The molecule has 5 unspecified atom stereocenters. The Hall–Kier alpha value is -0.930. The molecule has 1 aromatic heterocycles. The molecule has 0 saturated heterocycles. The van der Waals surface area contributed by atoms with E-state index in [0.29, 0.717) is 12.0 Å². The fraction of sp³-hybridized carbons (Fsp3) is 0.706. The van der Waals surface area contributed by atoms with E-state index in [9.17, 15) is 0 Å². The summed E-state index contributed by atoms with van der Waals surface area (Å²) in [5, 5.41) is 0. The predicted molar refractivity (Wildman–Crippen MR) is 80.0 cm³/mol. The van der Waals surface area contributed by atoms with E-state index in [1.165, 1.54) is 56.2 Å². The Labute approximate surface area is 121 Å². The van der Waals surface area contributed by atoms with Crippen LogP contribution in [0.5, 0.6) is 0 Å². The number of nitrogens with one attached hydrogen (secondary N) is 1. The van der Waals surface area contributed by atoms with Gasteiger partial charge in [-0.3, -0.25) is 16.3 Å². The number of hydrogen-bond donors (Lipinski definition) is 2. The Kier molecular flexibility index (Phi) is 3.27. The number of fused-ring (bicyclic) bond motifs is 3. The van der Waals surface area contributed by atoms with Crippen molar-refractivity contribution >= 4 is 0 Å². The summed E-state index contributed by atoms with van der Waals surface area (Å²) in [6, 6.07) is 4.76. The standard InChI is InChI=1S/C17H25N3/c18-20-17(15-10-11-6-7-13(15)9-11)14-5-1-3-12-4-2-8-19-16(12)14/h2,4,8,11,13-15,17,20H,1,3,5-7,9-10,18H2. The molecular weight excluding hydrogens is 246 g/mol. The lowest BCUT2D eigenvalue weighted by Gasteiger charge is -2.38. The fourth-order valence-corrected chi connectivity index (χ4v) is 5.27. The van der Waals surface area contributed by atoms with Crippen LogP contribution in [0.25, 0.3) is 0 Å². The quantitative estimate of drug-likeness (QED) is 0.656. The molecular formula is C17H25N3. The minimum Gasteiger partial charge on any atom is -0.271 e. The van der Waals surface area contributed by atoms with Gasteiger partial charge in [-0.2, -0.15) is 0 Å². The zero-order valence-electron chi connectivity index (χ0n) is 12.1. The van der Waals surface area contributed by atoms with Crippen molar-refractivity contribution in [2.75, 3.05) is 0 Å². The maximum atomic E-state index is 5.99. The summed E-state index contributed by atoms with van der Waals surface area (Å²) in [5.74, 6) is 9.18. The van der Waals surface area contributed by atoms with Crippen molar-refractivity contribution in [1.29, 1.82) is 0 Å². The second kappa shape index (κ2) is 5.12. The van der Waals surface area contributed by atoms with Crippen LogP contribution >= 0.6 is 0 Å². The van der Waals surface area contributed by atoms with E-state index in [4.69, 9.17) is 10.8 Å². The van der Waals surface area contributed by atoms with Crippen molar-refractivity contribution in [3.05, 3.63) is 29.6 Å². The highest BCUT2D eigenvalue weighted by molar-refractivity contribution is 5.28. The van der Waals surface area contributed by atoms with Gasteiger partial charge in [-0.1, -0.05) is 12.5 Å². The lowest BCUT2D eigenvalue weighted by Crippen LogP contribution is -2.47. The molecule has 3 nitrogen and oxygen atoms in total. The van der Waals surface area contributed by atoms with Crippen LogP contribution in [0.1, 0.15) is 55.7 Å². The smallest absolute Gasteiger partial charge is 0.0482 e. The first-order valence-electron chi connectivity index (χ1n) is 8.26. The van der Waals surface area contributed by atoms with Gasteiger partial charge in [-0.05, 0) is 67.9 Å². The van der Waals surface area contributed by atoms with Gasteiger partial charge >= 0.3 is 0 Å². The van der Waals surface area contributed by atoms with E-state index in [-0.39, 0.29) is 0 Å². The number of rotatable bonds is 3. The average molecular weight is 271 g/mol. The Balaban J connectivity index is 1.62. The maximum Gasteiger partial charge on any atom is 0.0482 e. The SMILES string of the molecule is NNC(C1CCCc2cccnc21)C1CC2CCC1C2. The number of hydrogen-bond acceptors (Lipinski definition) is 3. The molecule has 3 aliphatic carbocycles. The zero-order valence-corrected chi connectivity index (χ0v) is 12.1. The first-order valence-corrected chi connectivity index (χ1v) is 8.26. The van der Waals surface area contributed by atoms with Crippen LogP contribution in [0.3, 0.4) is 0 Å². The van der Waals surface area contributed by atoms with Crippen LogP contribution < -0.4 is 11.3 Å². The van der Waals surface area contributed by atoms with Gasteiger partial charge in [0, 0.05) is 23.9 Å². The summed E-state index contributed by atoms with van der Waals surface area (Å²) < 4.78 is 0. The van der Waals surface area contributed by atoms with Gasteiger partial charge in [-0.15, -0.1) is 0 Å². The summed E-state index contributed by atoms with van der Waals surface area (Å²) in [6.07, 6.45) is 11.4. The zero-order chi connectivity index (χ0) is 13.5. The highest BCUT2D eigenvalue weighted by Gasteiger charge is 2.45. The van der Waals surface area contributed by atoms with Gasteiger partial charge in [0.15, 0.2) is 0 Å². The summed E-state index contributed by atoms with van der Waals surface area (Å²) in [5.41, 5.74) is 5.97. The van der Waals surface area contributed by atoms with E-state index in [1.54, 1.807) is 0 Å². The van der Waals surface area contributed by atoms with Gasteiger partial charge in [0.25, 0.3) is 0 Å². The molecule has 20 heavy (non-hydrogen) atoms. The number of nitrogens with two attached hydrogens (primary N) is 1. The molecule has 108 valence electrons. The van der Waals surface area contributed by atoms with Crippen LogP contribution in [0.4, 0.5) is 0 Å². The minimum atomic E-state index is 0.430. The highest BCUT2D eigenvalue weighted by atomic mass is 15.2. The van der Waals surface area contributed by atoms with E-state index < -0.39 is 0 Å². The number of hydrazine groups is 1. The number of aryl methyl sites for hydroxylation is 1. The average Bonchev–Trinajstić information content (AvgIpc) is 3.11. The van der Waals surface area contributed by atoms with Crippen LogP contribution in [-0.2, 0) is 6.42 Å². The molecule has 5 atom stereocenters. The molecule has 2 bridgehead atoms. The van der Waals surface area contributed by atoms with E-state index in [1.807, 2.05) is 6.20 Å². The van der Waals surface area contributed by atoms with Gasteiger partial charge in [-0.25, -0.2) is 0 Å². The summed E-state index contributed by atoms with van der Waals surface area (Å²) in [7, 11) is 0. The summed E-state index contributed by atoms with van der Waals surface area (Å²) >= 11 is 0. The largest absolute Gasteiger partial charge is 0.271 e. The van der Waals surface area contributed by atoms with Gasteiger partial charge < -0.3 is 0 Å². The third-order valence-corrected chi connectivity index (χ3v) is 6.12. The van der Waals surface area contributed by atoms with Crippen molar-refractivity contribution in [1.82, 2.24) is 10.4 Å². The monoisotopic (exact) mass is 271 g/mol. The summed E-state index contributed by atoms with van der Waals surface area (Å²) in [6.45, 7) is 0. The molecule has 3 heteroatoms. The van der Waals surface area contributed by atoms with Gasteiger partial charge in [0.05, 0.1) is 0 Å². The first-order chi connectivity index (χ1) is 9.86. The Morgan fingerprint density at radius 2 is 2.20 bits per heavy atom. The van der Waals surface area contributed by atoms with E-state index >= 15 is 0 Å². The van der Waals surface area contributed by atoms with Crippen LogP contribution in [0.2, 0.25) is 0 Å². The number of aromatic nitrogens is 1. The van der Waals surface area contributed by atoms with Crippen LogP contribution in [0.15, 0.2) is 18.3 Å². The molecule has 0 aliphatic heterocycles. The Morgan fingerprint density at radius 1 is 1.25 bits per heavy atom. The van der Waals surface area contributed by atoms with Crippen LogP contribution in [-0.4, -0.2) is 11.0 Å². The van der Waals surface area contributed by atoms with E-state index in [2.05, 4.69) is 17.6 Å². The Bertz CT molecular complexity index is 487. The molecule has 0 radical (unpaired) electrons. The molecule has 2 saturated carbocycles. The topological polar surface area (TPSA) is 50.9 Å². The first kappa shape index (κ1) is 12.8. The predicted octanol–water partition coefficient (Wildman–Crippen LogP) is 2.77. The normalized spacial score (nSPS) is 36.9. The van der Waals surface area contributed by atoms with Crippen molar-refractivity contribution in [2.24, 2.45) is 23.6 Å². The second-order valence-corrected chi connectivity index (χ2v) is 7.08.